The van der Waals surface area contributed by atoms with E-state index in [-0.39, 0.29) is 15.7 Å². The van der Waals surface area contributed by atoms with Crippen LogP contribution >= 0.6 is 15.9 Å². The van der Waals surface area contributed by atoms with Crippen LogP contribution < -0.4 is 5.32 Å². The molecule has 1 heterocycles. The minimum atomic E-state index is -0.669. The summed E-state index contributed by atoms with van der Waals surface area (Å²) in [7, 11) is 0. The van der Waals surface area contributed by atoms with Crippen molar-refractivity contribution in [3.8, 4) is 11.3 Å². The molecule has 2 aromatic rings. The molecule has 0 saturated carbocycles. The van der Waals surface area contributed by atoms with Gasteiger partial charge in [-0.25, -0.2) is 8.78 Å². The van der Waals surface area contributed by atoms with Gasteiger partial charge in [0.05, 0.1) is 10.0 Å². The lowest BCUT2D eigenvalue weighted by Crippen LogP contribution is -2.07. The van der Waals surface area contributed by atoms with Gasteiger partial charge in [-0.05, 0) is 60.0 Å². The maximum atomic E-state index is 14.1. The molecule has 106 valence electrons. The van der Waals surface area contributed by atoms with Gasteiger partial charge in [0.25, 0.3) is 0 Å². The summed E-state index contributed by atoms with van der Waals surface area (Å²) in [6.07, 6.45) is 0. The van der Waals surface area contributed by atoms with Crippen LogP contribution in [0.25, 0.3) is 11.3 Å². The lowest BCUT2D eigenvalue weighted by molar-refractivity contribution is 0.583. The Morgan fingerprint density at radius 3 is 2.50 bits per heavy atom. The van der Waals surface area contributed by atoms with Gasteiger partial charge in [0.15, 0.2) is 5.82 Å². The van der Waals surface area contributed by atoms with Crippen LogP contribution in [-0.4, -0.2) is 16.7 Å². The van der Waals surface area contributed by atoms with E-state index in [2.05, 4.69) is 31.4 Å². The number of aromatic nitrogens is 2. The van der Waals surface area contributed by atoms with E-state index in [4.69, 9.17) is 0 Å². The Balaban J connectivity index is 2.66. The van der Waals surface area contributed by atoms with Crippen molar-refractivity contribution in [2.45, 2.75) is 20.8 Å². The number of hydrogen-bond donors (Lipinski definition) is 1. The highest BCUT2D eigenvalue weighted by atomic mass is 79.9. The first-order valence-corrected chi connectivity index (χ1v) is 6.98. The Labute approximate surface area is 124 Å². The van der Waals surface area contributed by atoms with Crippen LogP contribution in [-0.2, 0) is 0 Å². The van der Waals surface area contributed by atoms with E-state index in [0.717, 1.165) is 5.56 Å². The van der Waals surface area contributed by atoms with Crippen molar-refractivity contribution in [2.24, 2.45) is 0 Å². The van der Waals surface area contributed by atoms with Crippen molar-refractivity contribution in [3.63, 3.8) is 0 Å². The summed E-state index contributed by atoms with van der Waals surface area (Å²) in [6.45, 7) is 6.27. The molecule has 2 rings (SSSR count). The molecule has 0 aliphatic heterocycles. The summed E-state index contributed by atoms with van der Waals surface area (Å²) in [5.41, 5.74) is 1.60. The van der Waals surface area contributed by atoms with Crippen molar-refractivity contribution >= 4 is 21.7 Å². The monoisotopic (exact) mass is 341 g/mol. The van der Waals surface area contributed by atoms with Crippen LogP contribution in [0.2, 0.25) is 0 Å². The molecule has 1 aromatic heterocycles. The normalized spacial score (nSPS) is 10.7. The van der Waals surface area contributed by atoms with Crippen LogP contribution in [0.15, 0.2) is 16.6 Å². The van der Waals surface area contributed by atoms with Gasteiger partial charge in [-0.3, -0.25) is 0 Å². The van der Waals surface area contributed by atoms with Crippen molar-refractivity contribution in [1.29, 1.82) is 0 Å². The van der Waals surface area contributed by atoms with Crippen molar-refractivity contribution < 1.29 is 8.78 Å². The smallest absolute Gasteiger partial charge is 0.151 e. The third-order valence-electron chi connectivity index (χ3n) is 3.15. The predicted molar refractivity (Wildman–Crippen MR) is 78.7 cm³/mol. The van der Waals surface area contributed by atoms with Crippen LogP contribution in [0.1, 0.15) is 18.1 Å². The van der Waals surface area contributed by atoms with Gasteiger partial charge in [0.2, 0.25) is 0 Å². The molecular weight excluding hydrogens is 328 g/mol. The summed E-state index contributed by atoms with van der Waals surface area (Å²) in [6, 6.07) is 2.54. The molecule has 0 unspecified atom stereocenters. The Bertz CT molecular complexity index is 659. The number of nitrogens with zero attached hydrogens (tertiary/aromatic N) is 2. The number of nitrogens with one attached hydrogen (secondary N) is 1. The molecule has 6 heteroatoms. The van der Waals surface area contributed by atoms with E-state index in [1.807, 2.05) is 13.8 Å². The largest absolute Gasteiger partial charge is 0.369 e. The van der Waals surface area contributed by atoms with Gasteiger partial charge in [-0.2, -0.15) is 0 Å². The minimum Gasteiger partial charge on any atom is -0.369 e. The fourth-order valence-corrected chi connectivity index (χ4v) is 2.25. The van der Waals surface area contributed by atoms with Crippen LogP contribution in [0.3, 0.4) is 0 Å². The third kappa shape index (κ3) is 2.52. The van der Waals surface area contributed by atoms with Gasteiger partial charge < -0.3 is 5.32 Å². The van der Waals surface area contributed by atoms with E-state index >= 15 is 0 Å². The second kappa shape index (κ2) is 5.83. The van der Waals surface area contributed by atoms with Crippen LogP contribution in [0.4, 0.5) is 14.6 Å². The first-order valence-electron chi connectivity index (χ1n) is 6.19. The highest BCUT2D eigenvalue weighted by molar-refractivity contribution is 9.10. The average Bonchev–Trinajstić information content (AvgIpc) is 2.42. The topological polar surface area (TPSA) is 37.8 Å². The second-order valence-electron chi connectivity index (χ2n) is 4.40. The Morgan fingerprint density at radius 1 is 1.15 bits per heavy atom. The molecule has 0 saturated heterocycles. The predicted octanol–water partition coefficient (Wildman–Crippen LogP) is 4.23. The van der Waals surface area contributed by atoms with E-state index in [9.17, 15) is 8.78 Å². The Kier molecular flexibility index (Phi) is 4.32. The molecule has 0 atom stereocenters. The lowest BCUT2D eigenvalue weighted by atomic mass is 10.0. The maximum Gasteiger partial charge on any atom is 0.151 e. The van der Waals surface area contributed by atoms with E-state index in [0.29, 0.717) is 17.9 Å². The van der Waals surface area contributed by atoms with Crippen molar-refractivity contribution in [3.05, 3.63) is 39.4 Å². The van der Waals surface area contributed by atoms with Gasteiger partial charge >= 0.3 is 0 Å². The molecule has 1 N–H and O–H groups in total. The van der Waals surface area contributed by atoms with Gasteiger partial charge in [0, 0.05) is 6.54 Å². The fourth-order valence-electron chi connectivity index (χ4n) is 1.92. The van der Waals surface area contributed by atoms with E-state index in [1.54, 1.807) is 6.92 Å². The summed E-state index contributed by atoms with van der Waals surface area (Å²) >= 11 is 3.06. The van der Waals surface area contributed by atoms with E-state index < -0.39 is 11.6 Å². The number of anilines is 1. The first kappa shape index (κ1) is 14.8. The Hall–Kier alpha value is -1.56. The molecule has 0 spiro atoms. The quantitative estimate of drug-likeness (QED) is 0.848. The minimum absolute atomic E-state index is 0.157. The zero-order chi connectivity index (χ0) is 14.9. The van der Waals surface area contributed by atoms with Crippen molar-refractivity contribution in [1.82, 2.24) is 10.2 Å². The molecule has 0 bridgehead atoms. The fraction of sp³-hybridized carbons (Fsp3) is 0.286. The summed E-state index contributed by atoms with van der Waals surface area (Å²) in [5.74, 6) is -0.693. The van der Waals surface area contributed by atoms with E-state index in [1.165, 1.54) is 12.1 Å². The average molecular weight is 342 g/mol. The zero-order valence-corrected chi connectivity index (χ0v) is 13.0. The highest BCUT2D eigenvalue weighted by Gasteiger charge is 2.20. The molecule has 20 heavy (non-hydrogen) atoms. The number of halogens is 3. The second-order valence-corrected chi connectivity index (χ2v) is 5.25. The molecule has 0 aliphatic rings. The highest BCUT2D eigenvalue weighted by Crippen LogP contribution is 2.33. The van der Waals surface area contributed by atoms with Crippen molar-refractivity contribution in [2.75, 3.05) is 11.9 Å². The summed E-state index contributed by atoms with van der Waals surface area (Å²) in [4.78, 5) is 0. The molecule has 0 aliphatic carbocycles. The van der Waals surface area contributed by atoms with Gasteiger partial charge in [-0.1, -0.05) is 0 Å². The standard InChI is InChI=1S/C14H14BrF2N3/c1-4-18-14-8(3)7(2)13(19-20-14)11-10(16)6-5-9(15)12(11)17/h5-6H,4H2,1-3H3,(H,18,20). The van der Waals surface area contributed by atoms with Crippen LogP contribution in [0, 0.1) is 25.5 Å². The summed E-state index contributed by atoms with van der Waals surface area (Å²) in [5, 5.41) is 11.1. The Morgan fingerprint density at radius 2 is 1.85 bits per heavy atom. The van der Waals surface area contributed by atoms with Crippen LogP contribution in [0.5, 0.6) is 0 Å². The first-order chi connectivity index (χ1) is 9.47. The molecule has 0 radical (unpaired) electrons. The van der Waals surface area contributed by atoms with Gasteiger partial charge in [0.1, 0.15) is 17.3 Å². The maximum absolute atomic E-state index is 14.1. The molecule has 1 aromatic carbocycles. The molecule has 3 nitrogen and oxygen atoms in total. The van der Waals surface area contributed by atoms with Gasteiger partial charge in [-0.15, -0.1) is 10.2 Å². The number of rotatable bonds is 3. The number of benzene rings is 1. The lowest BCUT2D eigenvalue weighted by Gasteiger charge is -2.13. The molecular formula is C14H14BrF2N3. The number of hydrogen-bond acceptors (Lipinski definition) is 3. The summed E-state index contributed by atoms with van der Waals surface area (Å²) < 4.78 is 28.3. The third-order valence-corrected chi connectivity index (χ3v) is 3.76. The SMILES string of the molecule is CCNc1nnc(-c2c(F)ccc(Br)c2F)c(C)c1C. The molecule has 0 amide bonds. The molecule has 0 fully saturated rings. The zero-order valence-electron chi connectivity index (χ0n) is 11.4.